The molecular weight excluding hydrogens is 458 g/mol. The highest BCUT2D eigenvalue weighted by Crippen LogP contribution is 2.33. The number of hydrogen-bond donors (Lipinski definition) is 1. The van der Waals surface area contributed by atoms with E-state index in [1.165, 1.54) is 27.5 Å². The highest BCUT2D eigenvalue weighted by Gasteiger charge is 2.32. The molecule has 0 aromatic heterocycles. The molecule has 4 aromatic rings. The van der Waals surface area contributed by atoms with E-state index in [9.17, 15) is 0 Å². The molecule has 1 aliphatic heterocycles. The van der Waals surface area contributed by atoms with E-state index >= 15 is 0 Å². The molecule has 0 spiro atoms. The lowest BCUT2D eigenvalue weighted by atomic mass is 9.80. The van der Waals surface area contributed by atoms with Gasteiger partial charge >= 0.3 is 0 Å². The SMILES string of the molecule is CC1CNCC(OCc2ccc3ccccc3c2)C1c1ccc(OCCCOCc2ccccc2)cc1. The van der Waals surface area contributed by atoms with Crippen LogP contribution in [-0.4, -0.2) is 32.4 Å². The minimum Gasteiger partial charge on any atom is -0.494 e. The van der Waals surface area contributed by atoms with Gasteiger partial charge in [-0.25, -0.2) is 0 Å². The van der Waals surface area contributed by atoms with Crippen LogP contribution in [0.15, 0.2) is 97.1 Å². The maximum Gasteiger partial charge on any atom is 0.119 e. The molecule has 0 bridgehead atoms. The lowest BCUT2D eigenvalue weighted by Crippen LogP contribution is -2.45. The van der Waals surface area contributed by atoms with E-state index < -0.39 is 0 Å². The van der Waals surface area contributed by atoms with Crippen molar-refractivity contribution in [2.45, 2.75) is 38.6 Å². The van der Waals surface area contributed by atoms with Crippen molar-refractivity contribution in [2.24, 2.45) is 5.92 Å². The zero-order chi connectivity index (χ0) is 25.3. The lowest BCUT2D eigenvalue weighted by molar-refractivity contribution is -0.00331. The summed E-state index contributed by atoms with van der Waals surface area (Å²) in [6, 6.07) is 33.9. The number of nitrogens with one attached hydrogen (secondary N) is 1. The van der Waals surface area contributed by atoms with Gasteiger partial charge in [-0.2, -0.15) is 0 Å². The molecule has 1 heterocycles. The second-order valence-corrected chi connectivity index (χ2v) is 10.0. The van der Waals surface area contributed by atoms with Gasteiger partial charge in [0.05, 0.1) is 32.5 Å². The molecule has 5 rings (SSSR count). The molecule has 4 heteroatoms. The first kappa shape index (κ1) is 25.5. The summed E-state index contributed by atoms with van der Waals surface area (Å²) in [5, 5.41) is 6.08. The van der Waals surface area contributed by atoms with Crippen molar-refractivity contribution >= 4 is 10.8 Å². The first-order valence-corrected chi connectivity index (χ1v) is 13.4. The summed E-state index contributed by atoms with van der Waals surface area (Å²) in [6.45, 7) is 6.78. The van der Waals surface area contributed by atoms with Gasteiger partial charge in [0.25, 0.3) is 0 Å². The van der Waals surface area contributed by atoms with Crippen molar-refractivity contribution in [3.05, 3.63) is 114 Å². The van der Waals surface area contributed by atoms with E-state index in [4.69, 9.17) is 14.2 Å². The fraction of sp³-hybridized carbons (Fsp3) is 0.333. The van der Waals surface area contributed by atoms with Crippen LogP contribution in [0.25, 0.3) is 10.8 Å². The molecular formula is C33H37NO3. The van der Waals surface area contributed by atoms with E-state index in [0.717, 1.165) is 25.3 Å². The lowest BCUT2D eigenvalue weighted by Gasteiger charge is -2.37. The van der Waals surface area contributed by atoms with Gasteiger partial charge in [0.15, 0.2) is 0 Å². The van der Waals surface area contributed by atoms with E-state index in [-0.39, 0.29) is 6.10 Å². The highest BCUT2D eigenvalue weighted by molar-refractivity contribution is 5.82. The predicted molar refractivity (Wildman–Crippen MR) is 150 cm³/mol. The average molecular weight is 496 g/mol. The Bertz CT molecular complexity index is 1240. The summed E-state index contributed by atoms with van der Waals surface area (Å²) in [5.74, 6) is 1.74. The third-order valence-corrected chi connectivity index (χ3v) is 7.18. The quantitative estimate of drug-likeness (QED) is 0.234. The molecule has 192 valence electrons. The first-order valence-electron chi connectivity index (χ1n) is 13.4. The highest BCUT2D eigenvalue weighted by atomic mass is 16.5. The molecule has 0 amide bonds. The standard InChI is InChI=1S/C33H37NO3/c1-25-21-34-22-32(37-24-27-12-13-28-10-5-6-11-30(28)20-27)33(25)29-14-16-31(17-15-29)36-19-7-18-35-23-26-8-3-2-4-9-26/h2-6,8-17,20,25,32-34H,7,18-19,21-24H2,1H3. The van der Waals surface area contributed by atoms with Crippen LogP contribution in [0.1, 0.15) is 36.0 Å². The third-order valence-electron chi connectivity index (χ3n) is 7.18. The van der Waals surface area contributed by atoms with Gasteiger partial charge in [-0.1, -0.05) is 85.8 Å². The van der Waals surface area contributed by atoms with Crippen LogP contribution in [0, 0.1) is 5.92 Å². The van der Waals surface area contributed by atoms with Gasteiger partial charge in [-0.05, 0) is 58.1 Å². The van der Waals surface area contributed by atoms with Crippen LogP contribution < -0.4 is 10.1 Å². The summed E-state index contributed by atoms with van der Waals surface area (Å²) >= 11 is 0. The summed E-state index contributed by atoms with van der Waals surface area (Å²) < 4.78 is 18.2. The van der Waals surface area contributed by atoms with Gasteiger partial charge in [-0.3, -0.25) is 0 Å². The molecule has 1 saturated heterocycles. The first-order chi connectivity index (χ1) is 18.3. The van der Waals surface area contributed by atoms with E-state index in [2.05, 4.69) is 91.1 Å². The van der Waals surface area contributed by atoms with Crippen molar-refractivity contribution in [1.82, 2.24) is 5.32 Å². The van der Waals surface area contributed by atoms with Crippen LogP contribution in [0.4, 0.5) is 0 Å². The van der Waals surface area contributed by atoms with Gasteiger partial charge in [0.2, 0.25) is 0 Å². The molecule has 1 aliphatic rings. The van der Waals surface area contributed by atoms with Crippen molar-refractivity contribution in [3.63, 3.8) is 0 Å². The molecule has 0 aliphatic carbocycles. The van der Waals surface area contributed by atoms with Crippen molar-refractivity contribution in [3.8, 4) is 5.75 Å². The second kappa shape index (κ2) is 12.9. The van der Waals surface area contributed by atoms with Crippen LogP contribution >= 0.6 is 0 Å². The topological polar surface area (TPSA) is 39.7 Å². The van der Waals surface area contributed by atoms with Crippen molar-refractivity contribution in [1.29, 1.82) is 0 Å². The number of ether oxygens (including phenoxy) is 3. The van der Waals surface area contributed by atoms with Gasteiger partial charge < -0.3 is 19.5 Å². The van der Waals surface area contributed by atoms with Crippen LogP contribution in [0.5, 0.6) is 5.75 Å². The van der Waals surface area contributed by atoms with Crippen LogP contribution in [-0.2, 0) is 22.7 Å². The number of hydrogen-bond acceptors (Lipinski definition) is 4. The summed E-state index contributed by atoms with van der Waals surface area (Å²) in [4.78, 5) is 0. The van der Waals surface area contributed by atoms with Gasteiger partial charge in [0.1, 0.15) is 5.75 Å². The fourth-order valence-electron chi connectivity index (χ4n) is 5.21. The molecule has 1 fully saturated rings. The maximum atomic E-state index is 6.51. The smallest absolute Gasteiger partial charge is 0.119 e. The molecule has 4 aromatic carbocycles. The Kier molecular flexibility index (Phi) is 8.86. The number of rotatable bonds is 11. The molecule has 1 N–H and O–H groups in total. The normalized spacial score (nSPS) is 19.6. The maximum absolute atomic E-state index is 6.51. The zero-order valence-electron chi connectivity index (χ0n) is 21.6. The van der Waals surface area contributed by atoms with E-state index in [1.807, 2.05) is 18.2 Å². The Balaban J connectivity index is 1.12. The fourth-order valence-corrected chi connectivity index (χ4v) is 5.21. The largest absolute Gasteiger partial charge is 0.494 e. The van der Waals surface area contributed by atoms with Crippen LogP contribution in [0.2, 0.25) is 0 Å². The minimum absolute atomic E-state index is 0.128. The van der Waals surface area contributed by atoms with Gasteiger partial charge in [-0.15, -0.1) is 0 Å². The Hall–Kier alpha value is -3.18. The minimum atomic E-state index is 0.128. The predicted octanol–water partition coefficient (Wildman–Crippen LogP) is 6.73. The Labute approximate surface area is 220 Å². The Morgan fingerprint density at radius 3 is 2.35 bits per heavy atom. The molecule has 3 atom stereocenters. The molecule has 37 heavy (non-hydrogen) atoms. The monoisotopic (exact) mass is 495 g/mol. The molecule has 3 unspecified atom stereocenters. The van der Waals surface area contributed by atoms with Crippen LogP contribution in [0.3, 0.4) is 0 Å². The van der Waals surface area contributed by atoms with E-state index in [0.29, 0.717) is 38.3 Å². The number of piperidine rings is 1. The Morgan fingerprint density at radius 1 is 0.730 bits per heavy atom. The van der Waals surface area contributed by atoms with Gasteiger partial charge in [0, 0.05) is 18.9 Å². The second-order valence-electron chi connectivity index (χ2n) is 10.0. The van der Waals surface area contributed by atoms with Crippen molar-refractivity contribution in [2.75, 3.05) is 26.3 Å². The zero-order valence-corrected chi connectivity index (χ0v) is 21.6. The number of benzene rings is 4. The molecule has 4 nitrogen and oxygen atoms in total. The molecule has 0 saturated carbocycles. The van der Waals surface area contributed by atoms with E-state index in [1.54, 1.807) is 0 Å². The molecule has 0 radical (unpaired) electrons. The third kappa shape index (κ3) is 6.98. The van der Waals surface area contributed by atoms with Crippen molar-refractivity contribution < 1.29 is 14.2 Å². The Morgan fingerprint density at radius 2 is 1.51 bits per heavy atom. The number of fused-ring (bicyclic) bond motifs is 1. The summed E-state index contributed by atoms with van der Waals surface area (Å²) in [5.41, 5.74) is 3.73. The summed E-state index contributed by atoms with van der Waals surface area (Å²) in [7, 11) is 0. The summed E-state index contributed by atoms with van der Waals surface area (Å²) in [6.07, 6.45) is 0.994. The average Bonchev–Trinajstić information content (AvgIpc) is 2.95.